The van der Waals surface area contributed by atoms with E-state index in [2.05, 4.69) is 20.6 Å². The topological polar surface area (TPSA) is 96.5 Å². The Morgan fingerprint density at radius 3 is 2.66 bits per heavy atom. The molecule has 1 fully saturated rings. The second-order valence-corrected chi connectivity index (χ2v) is 7.17. The summed E-state index contributed by atoms with van der Waals surface area (Å²) in [5.41, 5.74) is 3.14. The van der Waals surface area contributed by atoms with Crippen LogP contribution in [0.2, 0.25) is 0 Å². The van der Waals surface area contributed by atoms with E-state index in [4.69, 9.17) is 4.74 Å². The third-order valence-corrected chi connectivity index (χ3v) is 4.91. The van der Waals surface area contributed by atoms with Crippen molar-refractivity contribution in [1.29, 1.82) is 0 Å². The smallest absolute Gasteiger partial charge is 0.409 e. The van der Waals surface area contributed by atoms with Gasteiger partial charge in [-0.05, 0) is 50.8 Å². The van der Waals surface area contributed by atoms with Crippen molar-refractivity contribution in [2.24, 2.45) is 0 Å². The van der Waals surface area contributed by atoms with E-state index in [-0.39, 0.29) is 18.0 Å². The number of rotatable bonds is 5. The molecule has 2 heterocycles. The summed E-state index contributed by atoms with van der Waals surface area (Å²) in [5, 5.41) is 6.26. The largest absolute Gasteiger partial charge is 0.450 e. The summed E-state index contributed by atoms with van der Waals surface area (Å²) in [7, 11) is 0. The zero-order valence-corrected chi connectivity index (χ0v) is 17.1. The lowest BCUT2D eigenvalue weighted by molar-refractivity contribution is 0.0980. The highest BCUT2D eigenvalue weighted by molar-refractivity contribution is 6.03. The first-order chi connectivity index (χ1) is 14.0. The molecule has 0 atom stereocenters. The first-order valence-corrected chi connectivity index (χ1v) is 9.85. The van der Waals surface area contributed by atoms with Crippen LogP contribution < -0.4 is 10.6 Å². The van der Waals surface area contributed by atoms with E-state index in [0.717, 1.165) is 29.7 Å². The fourth-order valence-corrected chi connectivity index (χ4v) is 3.25. The van der Waals surface area contributed by atoms with Gasteiger partial charge in [-0.3, -0.25) is 4.79 Å². The van der Waals surface area contributed by atoms with Gasteiger partial charge in [0.1, 0.15) is 17.8 Å². The van der Waals surface area contributed by atoms with E-state index in [0.29, 0.717) is 31.2 Å². The maximum absolute atomic E-state index is 12.6. The van der Waals surface area contributed by atoms with Crippen molar-refractivity contribution in [3.63, 3.8) is 0 Å². The number of carbonyl (C=O) groups is 2. The second-order valence-electron chi connectivity index (χ2n) is 7.17. The third kappa shape index (κ3) is 5.43. The van der Waals surface area contributed by atoms with E-state index < -0.39 is 0 Å². The fraction of sp³-hybridized carbons (Fsp3) is 0.429. The van der Waals surface area contributed by atoms with Gasteiger partial charge in [0.05, 0.1) is 6.61 Å². The lowest BCUT2D eigenvalue weighted by Crippen LogP contribution is -2.42. The van der Waals surface area contributed by atoms with E-state index >= 15 is 0 Å². The minimum absolute atomic E-state index is 0.172. The van der Waals surface area contributed by atoms with Crippen LogP contribution in [-0.2, 0) is 4.74 Å². The van der Waals surface area contributed by atoms with Crippen LogP contribution in [0.25, 0.3) is 0 Å². The minimum Gasteiger partial charge on any atom is -0.450 e. The Morgan fingerprint density at radius 1 is 1.17 bits per heavy atom. The Balaban J connectivity index is 1.59. The number of anilines is 2. The molecule has 0 unspecified atom stereocenters. The molecule has 1 aromatic carbocycles. The van der Waals surface area contributed by atoms with Crippen LogP contribution in [-0.4, -0.2) is 52.6 Å². The van der Waals surface area contributed by atoms with Gasteiger partial charge in [-0.1, -0.05) is 12.1 Å². The zero-order valence-electron chi connectivity index (χ0n) is 17.1. The Bertz CT molecular complexity index is 878. The molecule has 2 aromatic rings. The first-order valence-electron chi connectivity index (χ1n) is 9.85. The lowest BCUT2D eigenvalue weighted by atomic mass is 10.1. The number of hydrogen-bond acceptors (Lipinski definition) is 6. The van der Waals surface area contributed by atoms with Crippen molar-refractivity contribution in [3.8, 4) is 0 Å². The molecule has 0 bridgehead atoms. The maximum atomic E-state index is 12.6. The summed E-state index contributed by atoms with van der Waals surface area (Å²) in [4.78, 5) is 34.5. The fourth-order valence-electron chi connectivity index (χ4n) is 3.25. The summed E-state index contributed by atoms with van der Waals surface area (Å²) in [6.07, 6.45) is 2.69. The molecule has 0 spiro atoms. The van der Waals surface area contributed by atoms with Crippen molar-refractivity contribution in [2.45, 2.75) is 39.7 Å². The molecule has 8 nitrogen and oxygen atoms in total. The van der Waals surface area contributed by atoms with Gasteiger partial charge in [0.15, 0.2) is 0 Å². The summed E-state index contributed by atoms with van der Waals surface area (Å²) in [6, 6.07) is 7.74. The number of nitrogens with one attached hydrogen (secondary N) is 2. The van der Waals surface area contributed by atoms with Gasteiger partial charge in [0.25, 0.3) is 5.91 Å². The number of aryl methyl sites for hydroxylation is 2. The number of likely N-dealkylation sites (tertiary alicyclic amines) is 1. The van der Waals surface area contributed by atoms with Gasteiger partial charge < -0.3 is 20.3 Å². The summed E-state index contributed by atoms with van der Waals surface area (Å²) >= 11 is 0. The molecule has 0 aliphatic carbocycles. The average molecular weight is 397 g/mol. The molecule has 29 heavy (non-hydrogen) atoms. The maximum Gasteiger partial charge on any atom is 0.409 e. The number of carbonyl (C=O) groups excluding carboxylic acids is 2. The molecule has 0 saturated carbocycles. The van der Waals surface area contributed by atoms with Gasteiger partial charge in [0, 0.05) is 30.9 Å². The van der Waals surface area contributed by atoms with Crippen LogP contribution in [0, 0.1) is 13.8 Å². The lowest BCUT2D eigenvalue weighted by Gasteiger charge is -2.31. The molecule has 2 N–H and O–H groups in total. The van der Waals surface area contributed by atoms with Crippen molar-refractivity contribution in [2.75, 3.05) is 30.3 Å². The van der Waals surface area contributed by atoms with Crippen LogP contribution >= 0.6 is 0 Å². The van der Waals surface area contributed by atoms with Crippen LogP contribution in [0.3, 0.4) is 0 Å². The number of benzene rings is 1. The van der Waals surface area contributed by atoms with Gasteiger partial charge in [-0.25, -0.2) is 14.8 Å². The number of hydrogen-bond donors (Lipinski definition) is 2. The molecule has 1 aromatic heterocycles. The zero-order chi connectivity index (χ0) is 20.8. The van der Waals surface area contributed by atoms with Crippen LogP contribution in [0.5, 0.6) is 0 Å². The Kier molecular flexibility index (Phi) is 6.64. The van der Waals surface area contributed by atoms with E-state index in [1.54, 1.807) is 17.9 Å². The molecule has 2 amide bonds. The minimum atomic E-state index is -0.277. The molecular formula is C21H27N5O3. The van der Waals surface area contributed by atoms with Crippen molar-refractivity contribution < 1.29 is 14.3 Å². The highest BCUT2D eigenvalue weighted by Crippen LogP contribution is 2.19. The summed E-state index contributed by atoms with van der Waals surface area (Å²) < 4.78 is 5.04. The van der Waals surface area contributed by atoms with E-state index in [9.17, 15) is 9.59 Å². The molecular weight excluding hydrogens is 370 g/mol. The van der Waals surface area contributed by atoms with Gasteiger partial charge >= 0.3 is 6.09 Å². The predicted molar refractivity (Wildman–Crippen MR) is 111 cm³/mol. The highest BCUT2D eigenvalue weighted by Gasteiger charge is 2.24. The number of ether oxygens (including phenoxy) is 1. The number of piperidine rings is 1. The van der Waals surface area contributed by atoms with Gasteiger partial charge in [-0.2, -0.15) is 0 Å². The van der Waals surface area contributed by atoms with Crippen molar-refractivity contribution in [1.82, 2.24) is 14.9 Å². The third-order valence-electron chi connectivity index (χ3n) is 4.91. The van der Waals surface area contributed by atoms with E-state index in [1.807, 2.05) is 32.0 Å². The second kappa shape index (κ2) is 9.36. The highest BCUT2D eigenvalue weighted by atomic mass is 16.6. The predicted octanol–water partition coefficient (Wildman–Crippen LogP) is 3.38. The van der Waals surface area contributed by atoms with Gasteiger partial charge in [0.2, 0.25) is 0 Å². The monoisotopic (exact) mass is 397 g/mol. The molecule has 3 rings (SSSR count). The van der Waals surface area contributed by atoms with Crippen molar-refractivity contribution in [3.05, 3.63) is 47.4 Å². The SMILES string of the molecule is CCOC(=O)N1CCC(Nc2cc(C(=O)Nc3cc(C)ccc3C)ncn2)CC1. The number of amides is 2. The van der Waals surface area contributed by atoms with E-state index in [1.165, 1.54) is 6.33 Å². The Labute approximate surface area is 170 Å². The van der Waals surface area contributed by atoms with Crippen LogP contribution in [0.15, 0.2) is 30.6 Å². The number of aromatic nitrogens is 2. The first kappa shape index (κ1) is 20.6. The Morgan fingerprint density at radius 2 is 1.93 bits per heavy atom. The Hall–Kier alpha value is -3.16. The van der Waals surface area contributed by atoms with Crippen LogP contribution in [0.4, 0.5) is 16.3 Å². The van der Waals surface area contributed by atoms with Crippen molar-refractivity contribution >= 4 is 23.5 Å². The molecule has 0 radical (unpaired) electrons. The summed E-state index contributed by atoms with van der Waals surface area (Å²) in [5.74, 6) is 0.321. The average Bonchev–Trinajstić information content (AvgIpc) is 2.71. The molecule has 154 valence electrons. The molecule has 1 saturated heterocycles. The summed E-state index contributed by atoms with van der Waals surface area (Å²) in [6.45, 7) is 7.36. The normalized spacial score (nSPS) is 14.4. The van der Waals surface area contributed by atoms with Gasteiger partial charge in [-0.15, -0.1) is 0 Å². The molecule has 8 heteroatoms. The number of nitrogens with zero attached hydrogens (tertiary/aromatic N) is 3. The molecule has 1 aliphatic heterocycles. The standard InChI is InChI=1S/C21H27N5O3/c1-4-29-21(28)26-9-7-16(8-10-26)24-19-12-18(22-13-23-19)20(27)25-17-11-14(2)5-6-15(17)3/h5-6,11-13,16H,4,7-10H2,1-3H3,(H,25,27)(H,22,23,24). The van der Waals surface area contributed by atoms with Crippen LogP contribution in [0.1, 0.15) is 41.4 Å². The quantitative estimate of drug-likeness (QED) is 0.803. The molecule has 1 aliphatic rings.